The van der Waals surface area contributed by atoms with Gasteiger partial charge in [-0.05, 0) is 48.8 Å². The number of fused-ring (bicyclic) bond motifs is 5. The maximum absolute atomic E-state index is 12.1. The minimum absolute atomic E-state index is 0.229. The number of allylic oxidation sites excluding steroid dienone is 2. The Morgan fingerprint density at radius 3 is 2.89 bits per heavy atom. The van der Waals surface area contributed by atoms with Gasteiger partial charge in [-0.1, -0.05) is 29.8 Å². The molecule has 1 spiro atoms. The van der Waals surface area contributed by atoms with Crippen LogP contribution in [0, 0.1) is 11.8 Å². The van der Waals surface area contributed by atoms with Crippen molar-refractivity contribution in [1.82, 2.24) is 0 Å². The quantitative estimate of drug-likeness (QED) is 0.639. The minimum Gasteiger partial charge on any atom is -0.294 e. The van der Waals surface area contributed by atoms with Crippen LogP contribution in [0.2, 0.25) is 5.02 Å². The smallest absolute Gasteiger partial charge is 0.163 e. The van der Waals surface area contributed by atoms with Gasteiger partial charge in [-0.2, -0.15) is 0 Å². The van der Waals surface area contributed by atoms with E-state index in [9.17, 15) is 4.79 Å². The summed E-state index contributed by atoms with van der Waals surface area (Å²) in [6, 6.07) is 5.91. The molecule has 1 saturated carbocycles. The molecule has 1 nitrogen and oxygen atoms in total. The molecule has 0 N–H and O–H groups in total. The zero-order valence-corrected chi connectivity index (χ0v) is 10.9. The van der Waals surface area contributed by atoms with Gasteiger partial charge < -0.3 is 0 Å². The molecule has 3 aliphatic carbocycles. The molecule has 3 aliphatic rings. The molecule has 1 fully saturated rings. The molecule has 1 aromatic rings. The first-order valence-corrected chi connectivity index (χ1v) is 7.08. The maximum atomic E-state index is 12.1. The summed E-state index contributed by atoms with van der Waals surface area (Å²) in [5.41, 5.74) is 2.38. The van der Waals surface area contributed by atoms with E-state index in [4.69, 9.17) is 11.6 Å². The van der Waals surface area contributed by atoms with Crippen LogP contribution in [-0.2, 0) is 5.41 Å². The zero-order chi connectivity index (χ0) is 12.3. The van der Waals surface area contributed by atoms with Crippen molar-refractivity contribution in [1.29, 1.82) is 0 Å². The molecule has 0 aliphatic heterocycles. The van der Waals surface area contributed by atoms with Crippen molar-refractivity contribution in [2.24, 2.45) is 11.8 Å². The van der Waals surface area contributed by atoms with Gasteiger partial charge >= 0.3 is 0 Å². The summed E-state index contributed by atoms with van der Waals surface area (Å²) < 4.78 is 0. The van der Waals surface area contributed by atoms with Crippen LogP contribution in [0.1, 0.15) is 41.6 Å². The summed E-state index contributed by atoms with van der Waals surface area (Å²) in [7, 11) is 0. The van der Waals surface area contributed by atoms with Crippen LogP contribution in [0.4, 0.5) is 0 Å². The van der Waals surface area contributed by atoms with Gasteiger partial charge in [0.2, 0.25) is 0 Å². The predicted molar refractivity (Wildman–Crippen MR) is 72.0 cm³/mol. The van der Waals surface area contributed by atoms with Gasteiger partial charge in [0.25, 0.3) is 0 Å². The molecule has 3 unspecified atom stereocenters. The van der Waals surface area contributed by atoms with Gasteiger partial charge in [-0.3, -0.25) is 4.79 Å². The van der Waals surface area contributed by atoms with Crippen LogP contribution in [0.15, 0.2) is 30.4 Å². The van der Waals surface area contributed by atoms with Gasteiger partial charge in [0, 0.05) is 22.4 Å². The van der Waals surface area contributed by atoms with Crippen molar-refractivity contribution >= 4 is 17.4 Å². The fourth-order valence-corrected chi connectivity index (χ4v) is 4.51. The summed E-state index contributed by atoms with van der Waals surface area (Å²) >= 11 is 6.05. The third-order valence-corrected chi connectivity index (χ3v) is 5.36. The minimum atomic E-state index is 0.229. The maximum Gasteiger partial charge on any atom is 0.163 e. The Morgan fingerprint density at radius 2 is 2.17 bits per heavy atom. The Balaban J connectivity index is 1.92. The van der Waals surface area contributed by atoms with Gasteiger partial charge in [-0.15, -0.1) is 0 Å². The molecule has 0 radical (unpaired) electrons. The monoisotopic (exact) mass is 258 g/mol. The first-order valence-electron chi connectivity index (χ1n) is 6.71. The second-order valence-electron chi connectivity index (χ2n) is 5.96. The van der Waals surface area contributed by atoms with E-state index < -0.39 is 0 Å². The molecule has 92 valence electrons. The highest BCUT2D eigenvalue weighted by Crippen LogP contribution is 2.58. The Bertz CT molecular complexity index is 574. The van der Waals surface area contributed by atoms with Crippen molar-refractivity contribution in [2.75, 3.05) is 0 Å². The standard InChI is InChI=1S/C16H15ClO/c17-12-3-4-14-13(8-12)15(18)5-6-16(14)9-10-1-2-11(16)7-10/h1-4,8,10-11H,5-7,9H2. The average Bonchev–Trinajstić information content (AvgIpc) is 2.95. The first kappa shape index (κ1) is 10.8. The number of hydrogen-bond donors (Lipinski definition) is 0. The molecular formula is C16H15ClO. The number of benzene rings is 1. The fraction of sp³-hybridized carbons (Fsp3) is 0.438. The number of carbonyl (C=O) groups is 1. The lowest BCUT2D eigenvalue weighted by atomic mass is 9.63. The van der Waals surface area contributed by atoms with Crippen LogP contribution in [0.25, 0.3) is 0 Å². The Labute approximate surface area is 112 Å². The van der Waals surface area contributed by atoms with Crippen molar-refractivity contribution in [3.8, 4) is 0 Å². The van der Waals surface area contributed by atoms with E-state index in [1.807, 2.05) is 12.1 Å². The van der Waals surface area contributed by atoms with Crippen molar-refractivity contribution in [3.05, 3.63) is 46.5 Å². The second-order valence-corrected chi connectivity index (χ2v) is 6.40. The Morgan fingerprint density at radius 1 is 1.28 bits per heavy atom. The Hall–Kier alpha value is -1.08. The van der Waals surface area contributed by atoms with E-state index in [0.717, 1.165) is 17.9 Å². The third-order valence-electron chi connectivity index (χ3n) is 5.13. The van der Waals surface area contributed by atoms with Crippen LogP contribution >= 0.6 is 11.6 Å². The van der Waals surface area contributed by atoms with E-state index in [0.29, 0.717) is 17.4 Å². The first-order chi connectivity index (χ1) is 8.69. The molecule has 3 atom stereocenters. The van der Waals surface area contributed by atoms with Gasteiger partial charge in [0.1, 0.15) is 0 Å². The topological polar surface area (TPSA) is 17.1 Å². The molecule has 1 aromatic carbocycles. The van der Waals surface area contributed by atoms with E-state index in [-0.39, 0.29) is 11.2 Å². The number of Topliss-reactive ketones (excluding diaryl/α,β-unsaturated/α-hetero) is 1. The zero-order valence-electron chi connectivity index (χ0n) is 10.2. The second kappa shape index (κ2) is 3.48. The summed E-state index contributed by atoms with van der Waals surface area (Å²) in [5, 5.41) is 0.679. The molecule has 0 saturated heterocycles. The van der Waals surface area contributed by atoms with Crippen LogP contribution in [0.3, 0.4) is 0 Å². The largest absolute Gasteiger partial charge is 0.294 e. The molecular weight excluding hydrogens is 244 g/mol. The van der Waals surface area contributed by atoms with Crippen LogP contribution in [0.5, 0.6) is 0 Å². The van der Waals surface area contributed by atoms with E-state index in [1.54, 1.807) is 0 Å². The summed E-state index contributed by atoms with van der Waals surface area (Å²) in [6.45, 7) is 0. The lowest BCUT2D eigenvalue weighted by Crippen LogP contribution is -2.36. The van der Waals surface area contributed by atoms with Gasteiger partial charge in [0.05, 0.1) is 0 Å². The molecule has 2 heteroatoms. The summed E-state index contributed by atoms with van der Waals surface area (Å²) in [6.07, 6.45) is 8.94. The highest BCUT2D eigenvalue weighted by Gasteiger charge is 2.51. The molecule has 2 bridgehead atoms. The van der Waals surface area contributed by atoms with Crippen LogP contribution < -0.4 is 0 Å². The number of ketones is 1. The SMILES string of the molecule is O=C1CCC2(CC3C=CC2C3)c2ccc(Cl)cc21. The molecule has 0 heterocycles. The fourth-order valence-electron chi connectivity index (χ4n) is 4.34. The number of halogens is 1. The van der Waals surface area contributed by atoms with Crippen LogP contribution in [-0.4, -0.2) is 5.78 Å². The summed E-state index contributed by atoms with van der Waals surface area (Å²) in [4.78, 5) is 12.1. The van der Waals surface area contributed by atoms with Gasteiger partial charge in [-0.25, -0.2) is 0 Å². The Kier molecular flexibility index (Phi) is 2.09. The third kappa shape index (κ3) is 1.26. The number of hydrogen-bond acceptors (Lipinski definition) is 1. The van der Waals surface area contributed by atoms with E-state index in [1.165, 1.54) is 18.4 Å². The van der Waals surface area contributed by atoms with E-state index >= 15 is 0 Å². The van der Waals surface area contributed by atoms with Crippen molar-refractivity contribution in [2.45, 2.75) is 31.1 Å². The highest BCUT2D eigenvalue weighted by atomic mass is 35.5. The predicted octanol–water partition coefficient (Wildman–Crippen LogP) is 4.15. The highest BCUT2D eigenvalue weighted by molar-refractivity contribution is 6.31. The lowest BCUT2D eigenvalue weighted by Gasteiger charge is -2.40. The number of carbonyl (C=O) groups excluding carboxylic acids is 1. The lowest BCUT2D eigenvalue weighted by molar-refractivity contribution is 0.0944. The normalized spacial score (nSPS) is 36.4. The van der Waals surface area contributed by atoms with Gasteiger partial charge in [0.15, 0.2) is 5.78 Å². The molecule has 18 heavy (non-hydrogen) atoms. The molecule has 0 amide bonds. The molecule has 0 aromatic heterocycles. The van der Waals surface area contributed by atoms with Crippen molar-refractivity contribution < 1.29 is 4.79 Å². The summed E-state index contributed by atoms with van der Waals surface area (Å²) in [5.74, 6) is 1.63. The van der Waals surface area contributed by atoms with Crippen molar-refractivity contribution in [3.63, 3.8) is 0 Å². The van der Waals surface area contributed by atoms with E-state index in [2.05, 4.69) is 18.2 Å². The molecule has 4 rings (SSSR count). The number of rotatable bonds is 0. The average molecular weight is 259 g/mol.